The van der Waals surface area contributed by atoms with E-state index < -0.39 is 5.97 Å². The summed E-state index contributed by atoms with van der Waals surface area (Å²) in [6.45, 7) is 4.38. The first-order valence-electron chi connectivity index (χ1n) is 5.86. The number of carboxylic acids is 1. The highest BCUT2D eigenvalue weighted by Crippen LogP contribution is 2.51. The third-order valence-corrected chi connectivity index (χ3v) is 3.34. The number of hydrogen-bond acceptors (Lipinski definition) is 3. The van der Waals surface area contributed by atoms with E-state index in [-0.39, 0.29) is 29.3 Å². The number of amides is 1. The van der Waals surface area contributed by atoms with E-state index >= 15 is 0 Å². The number of nitrogens with one attached hydrogen (secondary N) is 1. The molecule has 0 radical (unpaired) electrons. The summed E-state index contributed by atoms with van der Waals surface area (Å²) in [5.41, 5.74) is 0.836. The van der Waals surface area contributed by atoms with Gasteiger partial charge in [0.25, 0.3) is 0 Å². The van der Waals surface area contributed by atoms with Gasteiger partial charge in [-0.25, -0.2) is 4.79 Å². The van der Waals surface area contributed by atoms with Gasteiger partial charge in [-0.05, 0) is 24.0 Å². The molecule has 0 spiro atoms. The summed E-state index contributed by atoms with van der Waals surface area (Å²) in [6, 6.07) is 2.90. The predicted molar refractivity (Wildman–Crippen MR) is 64.9 cm³/mol. The summed E-state index contributed by atoms with van der Waals surface area (Å²) >= 11 is 0. The van der Waals surface area contributed by atoms with Gasteiger partial charge in [-0.2, -0.15) is 0 Å². The first-order valence-corrected chi connectivity index (χ1v) is 5.86. The van der Waals surface area contributed by atoms with Gasteiger partial charge >= 0.3 is 5.97 Å². The van der Waals surface area contributed by atoms with E-state index in [2.05, 4.69) is 24.1 Å². The first-order chi connectivity index (χ1) is 8.40. The lowest BCUT2D eigenvalue weighted by Crippen LogP contribution is -2.26. The lowest BCUT2D eigenvalue weighted by Gasteiger charge is -2.06. The van der Waals surface area contributed by atoms with Crippen LogP contribution in [-0.4, -0.2) is 22.0 Å². The molecule has 1 aromatic heterocycles. The molecule has 1 unspecified atom stereocenters. The first kappa shape index (κ1) is 12.5. The van der Waals surface area contributed by atoms with Gasteiger partial charge in [0.05, 0.1) is 17.8 Å². The fourth-order valence-corrected chi connectivity index (χ4v) is 1.92. The summed E-state index contributed by atoms with van der Waals surface area (Å²) in [7, 11) is 0. The van der Waals surface area contributed by atoms with Crippen molar-refractivity contribution in [2.45, 2.75) is 26.8 Å². The molecular formula is C13H16N2O3. The second-order valence-electron chi connectivity index (χ2n) is 5.30. The second kappa shape index (κ2) is 4.40. The topological polar surface area (TPSA) is 79.3 Å². The van der Waals surface area contributed by atoms with Crippen LogP contribution in [0.25, 0.3) is 0 Å². The van der Waals surface area contributed by atoms with Gasteiger partial charge < -0.3 is 10.4 Å². The van der Waals surface area contributed by atoms with Crippen molar-refractivity contribution in [3.8, 4) is 0 Å². The van der Waals surface area contributed by atoms with E-state index in [1.165, 1.54) is 18.3 Å². The molecular weight excluding hydrogens is 232 g/mol. The molecule has 0 aromatic carbocycles. The lowest BCUT2D eigenvalue weighted by atomic mass is 10.1. The number of aromatic nitrogens is 1. The van der Waals surface area contributed by atoms with Crippen LogP contribution in [0.1, 0.15) is 36.3 Å². The van der Waals surface area contributed by atoms with Crippen molar-refractivity contribution in [2.24, 2.45) is 11.3 Å². The van der Waals surface area contributed by atoms with Crippen molar-refractivity contribution in [3.63, 3.8) is 0 Å². The van der Waals surface area contributed by atoms with Crippen LogP contribution in [-0.2, 0) is 11.3 Å². The van der Waals surface area contributed by atoms with E-state index in [1.807, 2.05) is 0 Å². The van der Waals surface area contributed by atoms with Crippen LogP contribution in [0.5, 0.6) is 0 Å². The minimum Gasteiger partial charge on any atom is -0.478 e. The Hall–Kier alpha value is -1.91. The maximum absolute atomic E-state index is 11.8. The van der Waals surface area contributed by atoms with Crippen LogP contribution in [0, 0.1) is 11.3 Å². The Bertz CT molecular complexity index is 497. The van der Waals surface area contributed by atoms with Crippen LogP contribution in [0.4, 0.5) is 0 Å². The van der Waals surface area contributed by atoms with E-state index in [0.717, 1.165) is 6.42 Å². The van der Waals surface area contributed by atoms with E-state index in [0.29, 0.717) is 5.69 Å². The summed E-state index contributed by atoms with van der Waals surface area (Å²) in [5.74, 6) is -0.906. The molecule has 1 fully saturated rings. The van der Waals surface area contributed by atoms with Crippen molar-refractivity contribution >= 4 is 11.9 Å². The SMILES string of the molecule is CC1(C)CC1C(=O)NCc1cc(C(=O)O)ccn1. The van der Waals surface area contributed by atoms with Crippen LogP contribution in [0.15, 0.2) is 18.3 Å². The number of aromatic carboxylic acids is 1. The molecule has 5 heteroatoms. The standard InChI is InChI=1S/C13H16N2O3/c1-13(2)6-10(13)11(16)15-7-9-5-8(12(17)18)3-4-14-9/h3-5,10H,6-7H2,1-2H3,(H,15,16)(H,17,18). The van der Waals surface area contributed by atoms with Crippen molar-refractivity contribution in [3.05, 3.63) is 29.6 Å². The molecule has 1 aliphatic carbocycles. The molecule has 1 heterocycles. The Morgan fingerprint density at radius 1 is 1.56 bits per heavy atom. The van der Waals surface area contributed by atoms with Gasteiger partial charge in [0, 0.05) is 12.1 Å². The number of carbonyl (C=O) groups is 2. The largest absolute Gasteiger partial charge is 0.478 e. The van der Waals surface area contributed by atoms with Gasteiger partial charge in [0.15, 0.2) is 0 Å². The second-order valence-corrected chi connectivity index (χ2v) is 5.30. The zero-order valence-corrected chi connectivity index (χ0v) is 10.4. The quantitative estimate of drug-likeness (QED) is 0.845. The average Bonchev–Trinajstić information content (AvgIpc) is 2.96. The van der Waals surface area contributed by atoms with Crippen molar-refractivity contribution in [2.75, 3.05) is 0 Å². The van der Waals surface area contributed by atoms with Crippen LogP contribution >= 0.6 is 0 Å². The Labute approximate surface area is 105 Å². The molecule has 0 saturated heterocycles. The Kier molecular flexibility index (Phi) is 3.07. The summed E-state index contributed by atoms with van der Waals surface area (Å²) in [4.78, 5) is 26.6. The number of hydrogen-bond donors (Lipinski definition) is 2. The minimum atomic E-state index is -0.992. The molecule has 2 rings (SSSR count). The van der Waals surface area contributed by atoms with Gasteiger partial charge in [0.1, 0.15) is 0 Å². The Morgan fingerprint density at radius 2 is 2.22 bits per heavy atom. The monoisotopic (exact) mass is 248 g/mol. The number of carbonyl (C=O) groups excluding carboxylic acids is 1. The van der Waals surface area contributed by atoms with E-state index in [4.69, 9.17) is 5.11 Å². The number of nitrogens with zero attached hydrogens (tertiary/aromatic N) is 1. The number of rotatable bonds is 4. The highest BCUT2D eigenvalue weighted by molar-refractivity contribution is 5.87. The molecule has 1 aliphatic rings. The zero-order valence-electron chi connectivity index (χ0n) is 10.4. The van der Waals surface area contributed by atoms with Crippen molar-refractivity contribution in [1.29, 1.82) is 0 Å². The zero-order chi connectivity index (χ0) is 13.3. The fourth-order valence-electron chi connectivity index (χ4n) is 1.92. The van der Waals surface area contributed by atoms with Crippen LogP contribution < -0.4 is 5.32 Å². The fraction of sp³-hybridized carbons (Fsp3) is 0.462. The highest BCUT2D eigenvalue weighted by atomic mass is 16.4. The molecule has 0 aliphatic heterocycles. The van der Waals surface area contributed by atoms with E-state index in [9.17, 15) is 9.59 Å². The molecule has 1 aromatic rings. The van der Waals surface area contributed by atoms with Gasteiger partial charge in [-0.3, -0.25) is 9.78 Å². The third kappa shape index (κ3) is 2.67. The highest BCUT2D eigenvalue weighted by Gasteiger charge is 2.50. The molecule has 18 heavy (non-hydrogen) atoms. The third-order valence-electron chi connectivity index (χ3n) is 3.34. The van der Waals surface area contributed by atoms with Crippen LogP contribution in [0.2, 0.25) is 0 Å². The van der Waals surface area contributed by atoms with Crippen molar-refractivity contribution in [1.82, 2.24) is 10.3 Å². The van der Waals surface area contributed by atoms with E-state index in [1.54, 1.807) is 0 Å². The van der Waals surface area contributed by atoms with Crippen molar-refractivity contribution < 1.29 is 14.7 Å². The molecule has 5 nitrogen and oxygen atoms in total. The summed E-state index contributed by atoms with van der Waals surface area (Å²) in [5, 5.41) is 11.6. The normalized spacial score (nSPS) is 20.2. The number of pyridine rings is 1. The van der Waals surface area contributed by atoms with Gasteiger partial charge in [-0.15, -0.1) is 0 Å². The predicted octanol–water partition coefficient (Wildman–Crippen LogP) is 1.44. The smallest absolute Gasteiger partial charge is 0.335 e. The summed E-state index contributed by atoms with van der Waals surface area (Å²) in [6.07, 6.45) is 2.34. The van der Waals surface area contributed by atoms with Gasteiger partial charge in [-0.1, -0.05) is 13.8 Å². The molecule has 1 saturated carbocycles. The van der Waals surface area contributed by atoms with Gasteiger partial charge in [0.2, 0.25) is 5.91 Å². The lowest BCUT2D eigenvalue weighted by molar-refractivity contribution is -0.123. The molecule has 1 amide bonds. The average molecular weight is 248 g/mol. The Morgan fingerprint density at radius 3 is 2.78 bits per heavy atom. The van der Waals surface area contributed by atoms with Crippen LogP contribution in [0.3, 0.4) is 0 Å². The number of carboxylic acid groups (broad SMARTS) is 1. The summed E-state index contributed by atoms with van der Waals surface area (Å²) < 4.78 is 0. The maximum atomic E-state index is 11.8. The molecule has 2 N–H and O–H groups in total. The minimum absolute atomic E-state index is 0.0162. The maximum Gasteiger partial charge on any atom is 0.335 e. The Balaban J connectivity index is 1.92. The molecule has 0 bridgehead atoms. The molecule has 96 valence electrons. The molecule has 1 atom stereocenters.